The van der Waals surface area contributed by atoms with Gasteiger partial charge in [-0.05, 0) is 56.6 Å². The molecule has 1 amide bonds. The quantitative estimate of drug-likeness (QED) is 0.391. The van der Waals surface area contributed by atoms with E-state index >= 15 is 0 Å². The number of fused-ring (bicyclic) bond motifs is 1. The summed E-state index contributed by atoms with van der Waals surface area (Å²) in [5, 5.41) is 4.12. The van der Waals surface area contributed by atoms with Gasteiger partial charge in [0.05, 0.1) is 6.10 Å². The van der Waals surface area contributed by atoms with Crippen LogP contribution in [0.25, 0.3) is 11.0 Å². The number of amides is 1. The van der Waals surface area contributed by atoms with Crippen molar-refractivity contribution in [3.63, 3.8) is 0 Å². The van der Waals surface area contributed by atoms with E-state index in [9.17, 15) is 9.59 Å². The maximum Gasteiger partial charge on any atom is 0.336 e. The minimum Gasteiger partial charge on any atom is -0.481 e. The molecular formula is C19H23N3O5S. The molecule has 1 saturated heterocycles. The SMILES string of the molecule is Cc1cc(=O)oc2cc(O[C@H](C)C(=O)NNC(=S)NC[C@H]3CCCO3)ccc12. The largest absolute Gasteiger partial charge is 0.481 e. The first-order valence-corrected chi connectivity index (χ1v) is 9.49. The lowest BCUT2D eigenvalue weighted by Gasteiger charge is -2.17. The number of carbonyl (C=O) groups excluding carboxylic acids is 1. The number of thiocarbonyl (C=S) groups is 1. The summed E-state index contributed by atoms with van der Waals surface area (Å²) in [7, 11) is 0. The normalized spacial score (nSPS) is 17.1. The molecule has 2 aromatic rings. The Bertz CT molecular complexity index is 923. The molecule has 150 valence electrons. The average molecular weight is 405 g/mol. The Morgan fingerprint density at radius 2 is 2.18 bits per heavy atom. The topological polar surface area (TPSA) is 102 Å². The van der Waals surface area contributed by atoms with E-state index in [1.165, 1.54) is 6.07 Å². The van der Waals surface area contributed by atoms with E-state index < -0.39 is 17.6 Å². The summed E-state index contributed by atoms with van der Waals surface area (Å²) in [5.41, 5.74) is 5.94. The maximum absolute atomic E-state index is 12.2. The third-order valence-corrected chi connectivity index (χ3v) is 4.66. The van der Waals surface area contributed by atoms with Crippen LogP contribution in [-0.4, -0.2) is 36.4 Å². The number of rotatable bonds is 5. The Hall–Kier alpha value is -2.65. The molecule has 0 spiro atoms. The highest BCUT2D eigenvalue weighted by atomic mass is 32.1. The molecule has 1 fully saturated rings. The fourth-order valence-electron chi connectivity index (χ4n) is 2.91. The Kier molecular flexibility index (Phi) is 6.48. The summed E-state index contributed by atoms with van der Waals surface area (Å²) in [6, 6.07) is 6.53. The number of aryl methyl sites for hydroxylation is 1. The maximum atomic E-state index is 12.2. The van der Waals surface area contributed by atoms with Crippen LogP contribution >= 0.6 is 12.2 Å². The van der Waals surface area contributed by atoms with Gasteiger partial charge in [-0.3, -0.25) is 15.6 Å². The van der Waals surface area contributed by atoms with Gasteiger partial charge >= 0.3 is 5.63 Å². The lowest BCUT2D eigenvalue weighted by Crippen LogP contribution is -2.51. The highest BCUT2D eigenvalue weighted by molar-refractivity contribution is 7.80. The van der Waals surface area contributed by atoms with Gasteiger partial charge in [-0.1, -0.05) is 0 Å². The van der Waals surface area contributed by atoms with Crippen LogP contribution in [0, 0.1) is 6.92 Å². The van der Waals surface area contributed by atoms with Crippen molar-refractivity contribution in [2.24, 2.45) is 0 Å². The molecular weight excluding hydrogens is 382 g/mol. The summed E-state index contributed by atoms with van der Waals surface area (Å²) in [6.45, 7) is 4.80. The van der Waals surface area contributed by atoms with E-state index in [2.05, 4.69) is 16.2 Å². The van der Waals surface area contributed by atoms with E-state index in [-0.39, 0.29) is 6.10 Å². The molecule has 0 bridgehead atoms. The predicted octanol–water partition coefficient (Wildman–Crippen LogP) is 1.54. The molecule has 1 aromatic heterocycles. The molecule has 28 heavy (non-hydrogen) atoms. The van der Waals surface area contributed by atoms with Gasteiger partial charge in [0.2, 0.25) is 0 Å². The number of ether oxygens (including phenoxy) is 2. The van der Waals surface area contributed by atoms with Crippen LogP contribution in [0.3, 0.4) is 0 Å². The zero-order valence-corrected chi connectivity index (χ0v) is 16.6. The molecule has 1 aliphatic heterocycles. The van der Waals surface area contributed by atoms with Crippen molar-refractivity contribution in [3.05, 3.63) is 40.2 Å². The molecule has 1 aliphatic rings. The minimum absolute atomic E-state index is 0.147. The molecule has 0 aliphatic carbocycles. The van der Waals surface area contributed by atoms with Crippen molar-refractivity contribution in [2.45, 2.75) is 38.9 Å². The van der Waals surface area contributed by atoms with Crippen molar-refractivity contribution in [3.8, 4) is 5.75 Å². The van der Waals surface area contributed by atoms with Gasteiger partial charge in [0.25, 0.3) is 5.91 Å². The Balaban J connectivity index is 1.50. The summed E-state index contributed by atoms with van der Waals surface area (Å²) < 4.78 is 16.3. The van der Waals surface area contributed by atoms with Crippen molar-refractivity contribution in [1.29, 1.82) is 0 Å². The van der Waals surface area contributed by atoms with Gasteiger partial charge in [-0.2, -0.15) is 0 Å². The Labute approximate surface area is 167 Å². The first-order chi connectivity index (χ1) is 13.4. The molecule has 2 heterocycles. The predicted molar refractivity (Wildman–Crippen MR) is 108 cm³/mol. The van der Waals surface area contributed by atoms with E-state index in [0.717, 1.165) is 30.4 Å². The van der Waals surface area contributed by atoms with Crippen molar-refractivity contribution < 1.29 is 18.7 Å². The lowest BCUT2D eigenvalue weighted by molar-refractivity contribution is -0.127. The van der Waals surface area contributed by atoms with Gasteiger partial charge in [-0.15, -0.1) is 0 Å². The summed E-state index contributed by atoms with van der Waals surface area (Å²) in [6.07, 6.45) is 1.41. The van der Waals surface area contributed by atoms with Crippen LogP contribution in [0.1, 0.15) is 25.3 Å². The van der Waals surface area contributed by atoms with Crippen LogP contribution in [0.4, 0.5) is 0 Å². The third kappa shape index (κ3) is 5.20. The second-order valence-electron chi connectivity index (χ2n) is 6.63. The molecule has 8 nitrogen and oxygen atoms in total. The Morgan fingerprint density at radius 3 is 2.93 bits per heavy atom. The second-order valence-corrected chi connectivity index (χ2v) is 7.03. The molecule has 9 heteroatoms. The van der Waals surface area contributed by atoms with Crippen LogP contribution in [-0.2, 0) is 9.53 Å². The lowest BCUT2D eigenvalue weighted by atomic mass is 10.1. The second kappa shape index (κ2) is 9.03. The van der Waals surface area contributed by atoms with Crippen LogP contribution in [0.15, 0.2) is 33.5 Å². The van der Waals surface area contributed by atoms with Crippen LogP contribution < -0.4 is 26.5 Å². The smallest absolute Gasteiger partial charge is 0.336 e. The summed E-state index contributed by atoms with van der Waals surface area (Å²) >= 11 is 5.13. The summed E-state index contributed by atoms with van der Waals surface area (Å²) in [5.74, 6) is 0.0232. The Morgan fingerprint density at radius 1 is 1.36 bits per heavy atom. The van der Waals surface area contributed by atoms with E-state index in [1.807, 2.05) is 6.92 Å². The number of carbonyl (C=O) groups is 1. The fraction of sp³-hybridized carbons (Fsp3) is 0.421. The fourth-order valence-corrected chi connectivity index (χ4v) is 3.05. The van der Waals surface area contributed by atoms with Gasteiger partial charge in [0, 0.05) is 30.7 Å². The van der Waals surface area contributed by atoms with E-state index in [0.29, 0.717) is 23.0 Å². The van der Waals surface area contributed by atoms with Crippen molar-refractivity contribution in [2.75, 3.05) is 13.2 Å². The zero-order valence-electron chi connectivity index (χ0n) is 15.7. The summed E-state index contributed by atoms with van der Waals surface area (Å²) in [4.78, 5) is 23.7. The highest BCUT2D eigenvalue weighted by Gasteiger charge is 2.17. The molecule has 0 radical (unpaired) electrons. The number of hydrogen-bond acceptors (Lipinski definition) is 6. The highest BCUT2D eigenvalue weighted by Crippen LogP contribution is 2.22. The van der Waals surface area contributed by atoms with Gasteiger partial charge < -0.3 is 19.2 Å². The van der Waals surface area contributed by atoms with Crippen molar-refractivity contribution in [1.82, 2.24) is 16.2 Å². The zero-order chi connectivity index (χ0) is 20.1. The monoisotopic (exact) mass is 405 g/mol. The first kappa shape index (κ1) is 20.1. The van der Waals surface area contributed by atoms with E-state index in [4.69, 9.17) is 26.1 Å². The van der Waals surface area contributed by atoms with E-state index in [1.54, 1.807) is 25.1 Å². The molecule has 0 saturated carbocycles. The van der Waals surface area contributed by atoms with Gasteiger partial charge in [-0.25, -0.2) is 4.79 Å². The number of hydrazine groups is 1. The molecule has 0 unspecified atom stereocenters. The molecule has 2 atom stereocenters. The first-order valence-electron chi connectivity index (χ1n) is 9.09. The average Bonchev–Trinajstić information content (AvgIpc) is 3.17. The van der Waals surface area contributed by atoms with Crippen LogP contribution in [0.5, 0.6) is 5.75 Å². The molecule has 3 rings (SSSR count). The number of benzene rings is 1. The molecule has 3 N–H and O–H groups in total. The van der Waals surface area contributed by atoms with Gasteiger partial charge in [0.15, 0.2) is 11.2 Å². The minimum atomic E-state index is -0.789. The standard InChI is InChI=1S/C19H23N3O5S/c1-11-8-17(23)27-16-9-13(5-6-15(11)16)26-12(2)18(24)21-22-19(28)20-10-14-4-3-7-25-14/h5-6,8-9,12,14H,3-4,7,10H2,1-2H3,(H,21,24)(H2,20,22,28)/t12-,14-/m1/s1. The number of hydrogen-bond donors (Lipinski definition) is 3. The van der Waals surface area contributed by atoms with Crippen LogP contribution in [0.2, 0.25) is 0 Å². The molecule has 1 aromatic carbocycles. The van der Waals surface area contributed by atoms with Gasteiger partial charge in [0.1, 0.15) is 11.3 Å². The number of nitrogens with one attached hydrogen (secondary N) is 3. The van der Waals surface area contributed by atoms with Crippen molar-refractivity contribution >= 4 is 34.2 Å². The third-order valence-electron chi connectivity index (χ3n) is 4.42.